The Morgan fingerprint density at radius 3 is 1.86 bits per heavy atom. The number of hydrogen-bond donors (Lipinski definition) is 0. The molecule has 0 saturated carbocycles. The van der Waals surface area contributed by atoms with Crippen LogP contribution in [-0.4, -0.2) is 47.0 Å². The second kappa shape index (κ2) is 7.76. The molecule has 1 unspecified atom stereocenters. The highest BCUT2D eigenvalue weighted by molar-refractivity contribution is 5.60. The number of rotatable bonds is 6. The van der Waals surface area contributed by atoms with Crippen molar-refractivity contribution < 1.29 is 23.4 Å². The summed E-state index contributed by atoms with van der Waals surface area (Å²) in [6, 6.07) is 8.55. The highest BCUT2D eigenvalue weighted by Gasteiger charge is 2.38. The van der Waals surface area contributed by atoms with Crippen LogP contribution in [0.15, 0.2) is 30.8 Å². The van der Waals surface area contributed by atoms with Crippen LogP contribution in [0.1, 0.15) is 28.3 Å². The third kappa shape index (κ3) is 3.42. The molecule has 28 heavy (non-hydrogen) atoms. The maximum Gasteiger partial charge on any atom is 0.161 e. The number of hydrogen-bond acceptors (Lipinski definition) is 4. The zero-order valence-electron chi connectivity index (χ0n) is 17.7. The van der Waals surface area contributed by atoms with Gasteiger partial charge in [0.15, 0.2) is 23.0 Å². The quantitative estimate of drug-likeness (QED) is 0.698. The van der Waals surface area contributed by atoms with Gasteiger partial charge in [-0.2, -0.15) is 0 Å². The van der Waals surface area contributed by atoms with Crippen LogP contribution in [0.4, 0.5) is 0 Å². The third-order valence-corrected chi connectivity index (χ3v) is 5.71. The van der Waals surface area contributed by atoms with Gasteiger partial charge in [-0.25, -0.2) is 0 Å². The smallest absolute Gasteiger partial charge is 0.161 e. The molecule has 0 bridgehead atoms. The van der Waals surface area contributed by atoms with E-state index in [4.69, 9.17) is 18.9 Å². The summed E-state index contributed by atoms with van der Waals surface area (Å²) >= 11 is 0. The average Bonchev–Trinajstić information content (AvgIpc) is 2.70. The molecule has 2 aromatic rings. The van der Waals surface area contributed by atoms with Crippen LogP contribution >= 0.6 is 0 Å². The maximum absolute atomic E-state index is 5.57. The van der Waals surface area contributed by atoms with Gasteiger partial charge in [0, 0.05) is 17.5 Å². The van der Waals surface area contributed by atoms with Crippen molar-refractivity contribution in [3.63, 3.8) is 0 Å². The first kappa shape index (κ1) is 20.1. The molecule has 5 heteroatoms. The minimum Gasteiger partial charge on any atom is -0.493 e. The monoisotopic (exact) mass is 384 g/mol. The fourth-order valence-corrected chi connectivity index (χ4v) is 4.17. The number of fused-ring (bicyclic) bond motifs is 1. The zero-order valence-corrected chi connectivity index (χ0v) is 17.7. The van der Waals surface area contributed by atoms with Gasteiger partial charge in [0.05, 0.1) is 42.5 Å². The Morgan fingerprint density at radius 1 is 0.821 bits per heavy atom. The molecule has 5 nitrogen and oxygen atoms in total. The van der Waals surface area contributed by atoms with Gasteiger partial charge in [-0.1, -0.05) is 12.7 Å². The minimum absolute atomic E-state index is 0.249. The number of likely N-dealkylation sites (N-methyl/N-ethyl adjacent to an activating group) is 1. The molecule has 0 radical (unpaired) electrons. The molecular weight excluding hydrogens is 354 g/mol. The first-order valence-electron chi connectivity index (χ1n) is 9.33. The molecule has 0 fully saturated rings. The molecule has 1 aliphatic heterocycles. The van der Waals surface area contributed by atoms with Crippen molar-refractivity contribution >= 4 is 6.08 Å². The summed E-state index contributed by atoms with van der Waals surface area (Å²) in [6.07, 6.45) is 2.78. The lowest BCUT2D eigenvalue weighted by Crippen LogP contribution is -2.46. The molecule has 0 aromatic heterocycles. The number of methoxy groups -OCH3 is 4. The molecule has 2 aromatic carbocycles. The summed E-state index contributed by atoms with van der Waals surface area (Å²) in [4.78, 5) is 0. The lowest BCUT2D eigenvalue weighted by atomic mass is 9.86. The largest absolute Gasteiger partial charge is 0.493 e. The van der Waals surface area contributed by atoms with Gasteiger partial charge in [0.2, 0.25) is 0 Å². The van der Waals surface area contributed by atoms with Crippen LogP contribution in [0.25, 0.3) is 6.08 Å². The number of quaternary nitrogens is 1. The molecule has 0 aliphatic carbocycles. The molecule has 3 rings (SSSR count). The highest BCUT2D eigenvalue weighted by Crippen LogP contribution is 2.44. The number of nitrogens with zero attached hydrogens (tertiary/aromatic N) is 1. The van der Waals surface area contributed by atoms with Crippen molar-refractivity contribution in [2.45, 2.75) is 19.0 Å². The molecule has 1 atom stereocenters. The van der Waals surface area contributed by atoms with E-state index in [1.54, 1.807) is 28.4 Å². The first-order valence-corrected chi connectivity index (χ1v) is 9.33. The van der Waals surface area contributed by atoms with Gasteiger partial charge in [0.25, 0.3) is 0 Å². The van der Waals surface area contributed by atoms with Crippen LogP contribution < -0.4 is 18.9 Å². The SMILES string of the molecule is C=Cc1cc(OC)c(OC)cc1C1Cc2cc(OC)c(OC)cc2C[N+]1(C)C. The molecule has 1 heterocycles. The molecular formula is C23H30NO4+. The minimum atomic E-state index is 0.249. The lowest BCUT2D eigenvalue weighted by molar-refractivity contribution is -0.936. The molecule has 150 valence electrons. The van der Waals surface area contributed by atoms with E-state index >= 15 is 0 Å². The van der Waals surface area contributed by atoms with E-state index in [0.717, 1.165) is 40.3 Å². The Hall–Kier alpha value is -2.66. The summed E-state index contributed by atoms with van der Waals surface area (Å²) in [5.74, 6) is 3.00. The van der Waals surface area contributed by atoms with Gasteiger partial charge in [0.1, 0.15) is 12.6 Å². The van der Waals surface area contributed by atoms with Crippen molar-refractivity contribution in [1.82, 2.24) is 0 Å². The third-order valence-electron chi connectivity index (χ3n) is 5.71. The predicted molar refractivity (Wildman–Crippen MR) is 111 cm³/mol. The Kier molecular flexibility index (Phi) is 5.57. The Bertz CT molecular complexity index is 889. The van der Waals surface area contributed by atoms with Crippen molar-refractivity contribution in [1.29, 1.82) is 0 Å². The van der Waals surface area contributed by atoms with Gasteiger partial charge in [-0.3, -0.25) is 0 Å². The van der Waals surface area contributed by atoms with E-state index in [0.29, 0.717) is 5.75 Å². The van der Waals surface area contributed by atoms with E-state index in [9.17, 15) is 0 Å². The van der Waals surface area contributed by atoms with Crippen LogP contribution in [0.2, 0.25) is 0 Å². The van der Waals surface area contributed by atoms with Crippen molar-refractivity contribution in [2.75, 3.05) is 42.5 Å². The fraction of sp³-hybridized carbons (Fsp3) is 0.391. The Labute approximate surface area is 167 Å². The van der Waals surface area contributed by atoms with Crippen molar-refractivity contribution in [3.8, 4) is 23.0 Å². The summed E-state index contributed by atoms with van der Waals surface area (Å²) < 4.78 is 22.9. The second-order valence-electron chi connectivity index (χ2n) is 7.67. The van der Waals surface area contributed by atoms with Crippen LogP contribution in [0, 0.1) is 0 Å². The van der Waals surface area contributed by atoms with E-state index < -0.39 is 0 Å². The van der Waals surface area contributed by atoms with Gasteiger partial charge < -0.3 is 23.4 Å². The van der Waals surface area contributed by atoms with Crippen LogP contribution in [-0.2, 0) is 13.0 Å². The summed E-state index contributed by atoms with van der Waals surface area (Å²) in [6.45, 7) is 4.91. The van der Waals surface area contributed by atoms with E-state index in [-0.39, 0.29) is 6.04 Å². The Morgan fingerprint density at radius 2 is 1.32 bits per heavy atom. The standard InChI is InChI=1S/C23H30NO4/c1-8-15-10-20(25-4)23(28-7)13-18(15)19-9-16-11-21(26-5)22(27-6)12-17(16)14-24(19,2)3/h8,10-13,19H,1,9,14H2,2-7H3/q+1. The summed E-state index contributed by atoms with van der Waals surface area (Å²) in [7, 11) is 11.2. The normalized spacial score (nSPS) is 17.4. The van der Waals surface area contributed by atoms with E-state index in [1.807, 2.05) is 12.1 Å². The topological polar surface area (TPSA) is 36.9 Å². The van der Waals surface area contributed by atoms with E-state index in [1.165, 1.54) is 16.7 Å². The molecule has 0 amide bonds. The predicted octanol–water partition coefficient (Wildman–Crippen LogP) is 4.24. The Balaban J connectivity index is 2.12. The van der Waals surface area contributed by atoms with Crippen molar-refractivity contribution in [2.24, 2.45) is 0 Å². The van der Waals surface area contributed by atoms with Crippen molar-refractivity contribution in [3.05, 3.63) is 53.1 Å². The zero-order chi connectivity index (χ0) is 20.5. The summed E-state index contributed by atoms with van der Waals surface area (Å²) in [5, 5.41) is 0. The maximum atomic E-state index is 5.57. The molecule has 1 aliphatic rings. The fourth-order valence-electron chi connectivity index (χ4n) is 4.17. The lowest BCUT2D eigenvalue weighted by Gasteiger charge is -2.43. The summed E-state index contributed by atoms with van der Waals surface area (Å²) in [5.41, 5.74) is 4.85. The van der Waals surface area contributed by atoms with Gasteiger partial charge in [-0.15, -0.1) is 0 Å². The van der Waals surface area contributed by atoms with Gasteiger partial charge >= 0.3 is 0 Å². The molecule has 0 spiro atoms. The van der Waals surface area contributed by atoms with Gasteiger partial charge in [-0.05, 0) is 35.4 Å². The van der Waals surface area contributed by atoms with E-state index in [2.05, 4.69) is 38.9 Å². The second-order valence-corrected chi connectivity index (χ2v) is 7.67. The molecule has 0 N–H and O–H groups in total. The number of ether oxygens (including phenoxy) is 4. The van der Waals surface area contributed by atoms with Crippen LogP contribution in [0.5, 0.6) is 23.0 Å². The highest BCUT2D eigenvalue weighted by atomic mass is 16.5. The molecule has 0 saturated heterocycles. The average molecular weight is 384 g/mol. The first-order chi connectivity index (χ1) is 13.4. The van der Waals surface area contributed by atoms with Crippen LogP contribution in [0.3, 0.4) is 0 Å². The number of benzene rings is 2.